The van der Waals surface area contributed by atoms with Crippen molar-refractivity contribution in [2.24, 2.45) is 5.92 Å². The highest BCUT2D eigenvalue weighted by Crippen LogP contribution is 2.47. The minimum absolute atomic E-state index is 0.215. The van der Waals surface area contributed by atoms with Gasteiger partial charge in [0.1, 0.15) is 13.0 Å². The zero-order valence-electron chi connectivity index (χ0n) is 28.3. The van der Waals surface area contributed by atoms with Crippen molar-refractivity contribution < 1.29 is 19.0 Å². The van der Waals surface area contributed by atoms with E-state index in [2.05, 4.69) is 124 Å². The number of amides is 4. The normalized spacial score (nSPS) is 23.4. The van der Waals surface area contributed by atoms with Gasteiger partial charge >= 0.3 is 6.03 Å². The molecule has 7 heteroatoms. The van der Waals surface area contributed by atoms with Gasteiger partial charge in [-0.1, -0.05) is 62.4 Å². The van der Waals surface area contributed by atoms with E-state index in [4.69, 9.17) is 0 Å². The number of imide groups is 2. The van der Waals surface area contributed by atoms with Crippen LogP contribution in [-0.2, 0) is 20.4 Å². The van der Waals surface area contributed by atoms with Gasteiger partial charge in [0.25, 0.3) is 0 Å². The molecule has 2 aromatic rings. The Kier molecular flexibility index (Phi) is 7.78. The van der Waals surface area contributed by atoms with Gasteiger partial charge < -0.3 is 4.90 Å². The molecule has 2 aromatic carbocycles. The monoisotopic (exact) mass is 617 g/mol. The van der Waals surface area contributed by atoms with Gasteiger partial charge in [-0.05, 0) is 74.0 Å². The fourth-order valence-corrected chi connectivity index (χ4v) is 7.94. The molecule has 0 radical (unpaired) electrons. The molecule has 0 N–H and O–H groups in total. The molecule has 3 aliphatic heterocycles. The predicted molar refractivity (Wildman–Crippen MR) is 183 cm³/mol. The Morgan fingerprint density at radius 3 is 2.00 bits per heavy atom. The Hall–Kier alpha value is -4.52. The Morgan fingerprint density at radius 2 is 1.35 bits per heavy atom. The molecule has 3 heterocycles. The number of benzene rings is 2. The first kappa shape index (κ1) is 31.5. The fraction of sp³-hybridized carbons (Fsp3) is 0.385. The van der Waals surface area contributed by atoms with Crippen molar-refractivity contribution in [1.29, 1.82) is 0 Å². The lowest BCUT2D eigenvalue weighted by molar-refractivity contribution is -0.401. The number of carbonyl (C=O) groups excluding carboxylic acids is 3. The van der Waals surface area contributed by atoms with Crippen molar-refractivity contribution in [3.8, 4) is 0 Å². The average Bonchev–Trinajstić information content (AvgIpc) is 3.23. The molecule has 6 rings (SSSR count). The van der Waals surface area contributed by atoms with E-state index in [-0.39, 0.29) is 10.8 Å². The molecule has 0 bridgehead atoms. The second kappa shape index (κ2) is 11.4. The Bertz CT molecular complexity index is 1800. The highest BCUT2D eigenvalue weighted by atomic mass is 16.2. The number of fused-ring (bicyclic) bond motifs is 2. The van der Waals surface area contributed by atoms with Crippen molar-refractivity contribution in [3.63, 3.8) is 0 Å². The van der Waals surface area contributed by atoms with Crippen LogP contribution in [0.1, 0.15) is 64.5 Å². The number of barbiturate groups is 1. The minimum atomic E-state index is -1.09. The lowest BCUT2D eigenvalue weighted by atomic mass is 9.80. The third-order valence-electron chi connectivity index (χ3n) is 10.6. The smallest absolute Gasteiger partial charge is 0.332 e. The molecule has 1 saturated heterocycles. The Morgan fingerprint density at radius 1 is 0.739 bits per heavy atom. The van der Waals surface area contributed by atoms with Crippen molar-refractivity contribution in [3.05, 3.63) is 106 Å². The minimum Gasteiger partial charge on any atom is -0.347 e. The molecule has 46 heavy (non-hydrogen) atoms. The van der Waals surface area contributed by atoms with Crippen LogP contribution in [0.15, 0.2) is 95.3 Å². The van der Waals surface area contributed by atoms with Gasteiger partial charge in [-0.25, -0.2) is 4.79 Å². The Balaban J connectivity index is 1.52. The first-order chi connectivity index (χ1) is 21.8. The van der Waals surface area contributed by atoms with Crippen molar-refractivity contribution in [2.75, 3.05) is 33.1 Å². The lowest BCUT2D eigenvalue weighted by Crippen LogP contribution is -2.57. The SMILES string of the molecule is CN1C(=O)C(C2=C(/C=C/C3=[N+](C)c4ccccc4C3(C)C)CCCC/C2=C\C=C2/N(C)c3ccccc3C2(C)C)C(=O)N(C)C1=O. The van der Waals surface area contributed by atoms with Crippen molar-refractivity contribution in [2.45, 2.75) is 64.2 Å². The predicted octanol–water partition coefficient (Wildman–Crippen LogP) is 7.02. The van der Waals surface area contributed by atoms with Gasteiger partial charge in [0.15, 0.2) is 5.71 Å². The summed E-state index contributed by atoms with van der Waals surface area (Å²) in [6, 6.07) is 16.3. The molecule has 4 amide bonds. The van der Waals surface area contributed by atoms with E-state index in [0.29, 0.717) is 0 Å². The first-order valence-corrected chi connectivity index (χ1v) is 16.2. The molecule has 7 nitrogen and oxygen atoms in total. The number of anilines is 1. The summed E-state index contributed by atoms with van der Waals surface area (Å²) in [6.45, 7) is 8.93. The van der Waals surface area contributed by atoms with E-state index >= 15 is 0 Å². The van der Waals surface area contributed by atoms with Gasteiger partial charge in [0, 0.05) is 55.6 Å². The average molecular weight is 618 g/mol. The third-order valence-corrected chi connectivity index (χ3v) is 10.6. The van der Waals surface area contributed by atoms with Crippen molar-refractivity contribution >= 4 is 34.9 Å². The summed E-state index contributed by atoms with van der Waals surface area (Å²) in [5, 5.41) is 0. The fourth-order valence-electron chi connectivity index (χ4n) is 7.94. The van der Waals surface area contributed by atoms with Crippen LogP contribution in [-0.4, -0.2) is 66.1 Å². The van der Waals surface area contributed by atoms with E-state index in [9.17, 15) is 14.4 Å². The molecule has 238 valence electrons. The largest absolute Gasteiger partial charge is 0.347 e. The maximum Gasteiger partial charge on any atom is 0.332 e. The van der Waals surface area contributed by atoms with Crippen LogP contribution >= 0.6 is 0 Å². The number of carbonyl (C=O) groups is 3. The molecular formula is C39H45N4O3+. The third kappa shape index (κ3) is 4.79. The molecular weight excluding hydrogens is 572 g/mol. The van der Waals surface area contributed by atoms with Gasteiger partial charge in [0.05, 0.1) is 5.41 Å². The summed E-state index contributed by atoms with van der Waals surface area (Å²) in [7, 11) is 7.12. The number of nitrogens with zero attached hydrogens (tertiary/aromatic N) is 4. The van der Waals surface area contributed by atoms with Crippen molar-refractivity contribution in [1.82, 2.24) is 9.80 Å². The number of likely N-dealkylation sites (N-methyl/N-ethyl adjacent to an activating group) is 1. The maximum atomic E-state index is 13.9. The second-order valence-corrected chi connectivity index (χ2v) is 14.0. The topological polar surface area (TPSA) is 63.9 Å². The second-order valence-electron chi connectivity index (χ2n) is 14.0. The van der Waals surface area contributed by atoms with Gasteiger partial charge in [-0.3, -0.25) is 19.4 Å². The zero-order valence-corrected chi connectivity index (χ0v) is 28.3. The molecule has 4 aliphatic rings. The number of hydrogen-bond acceptors (Lipinski definition) is 4. The van der Waals surface area contributed by atoms with Gasteiger partial charge in [-0.15, -0.1) is 0 Å². The quantitative estimate of drug-likeness (QED) is 0.273. The number of rotatable bonds is 4. The summed E-state index contributed by atoms with van der Waals surface area (Å²) in [5.74, 6) is -2.03. The zero-order chi connectivity index (χ0) is 33.1. The van der Waals surface area contributed by atoms with Crippen LogP contribution in [0, 0.1) is 5.92 Å². The van der Waals surface area contributed by atoms with Crippen LogP contribution in [0.2, 0.25) is 0 Å². The van der Waals surface area contributed by atoms with Crippen LogP contribution in [0.5, 0.6) is 0 Å². The molecule has 0 spiro atoms. The molecule has 1 fully saturated rings. The summed E-state index contributed by atoms with van der Waals surface area (Å²) >= 11 is 0. The van der Waals surface area contributed by atoms with E-state index in [1.54, 1.807) is 0 Å². The van der Waals surface area contributed by atoms with E-state index in [1.165, 1.54) is 36.6 Å². The summed E-state index contributed by atoms with van der Waals surface area (Å²) < 4.78 is 2.23. The standard InChI is InChI=1S/C39H45N4O3/c1-38(2)27-17-11-13-19-29(27)40(5)31(38)23-21-25-15-9-10-16-26(33(25)34-35(44)42(7)37(46)43(8)36(34)45)22-24-32-39(3,4)28-18-12-14-20-30(28)41(32)6/h11-14,17-24,34H,9-10,15-16H2,1-8H3/q+1. The number of hydrogen-bond donors (Lipinski definition) is 0. The van der Waals surface area contributed by atoms with E-state index in [0.717, 1.165) is 63.6 Å². The highest BCUT2D eigenvalue weighted by Gasteiger charge is 2.47. The molecule has 0 aromatic heterocycles. The summed E-state index contributed by atoms with van der Waals surface area (Å²) in [5.41, 5.74) is 9.44. The first-order valence-electron chi connectivity index (χ1n) is 16.2. The molecule has 1 aliphatic carbocycles. The van der Waals surface area contributed by atoms with Gasteiger partial charge in [0.2, 0.25) is 17.5 Å². The molecule has 0 atom stereocenters. The molecule has 0 saturated carbocycles. The summed E-state index contributed by atoms with van der Waals surface area (Å²) in [4.78, 5) is 44.9. The van der Waals surface area contributed by atoms with E-state index in [1.807, 2.05) is 0 Å². The van der Waals surface area contributed by atoms with Gasteiger partial charge in [-0.2, -0.15) is 4.58 Å². The highest BCUT2D eigenvalue weighted by molar-refractivity contribution is 6.18. The summed E-state index contributed by atoms with van der Waals surface area (Å²) in [6.07, 6.45) is 11.9. The molecule has 0 unspecified atom stereocenters. The number of allylic oxidation sites excluding steroid dienone is 7. The van der Waals surface area contributed by atoms with Crippen LogP contribution in [0.4, 0.5) is 16.2 Å². The maximum absolute atomic E-state index is 13.9. The Labute approximate surface area is 272 Å². The van der Waals surface area contributed by atoms with Crippen LogP contribution in [0.25, 0.3) is 0 Å². The number of para-hydroxylation sites is 2. The lowest BCUT2D eigenvalue weighted by Gasteiger charge is -2.35. The van der Waals surface area contributed by atoms with E-state index < -0.39 is 23.8 Å². The van der Waals surface area contributed by atoms with Crippen LogP contribution < -0.4 is 4.90 Å². The number of urea groups is 1. The van der Waals surface area contributed by atoms with Crippen LogP contribution in [0.3, 0.4) is 0 Å².